The molecule has 0 saturated heterocycles. The number of amides is 3. The normalized spacial score (nSPS) is 11.7. The zero-order valence-corrected chi connectivity index (χ0v) is 12.7. The summed E-state index contributed by atoms with van der Waals surface area (Å²) in [6.45, 7) is 2.12. The molecule has 0 spiro atoms. The minimum absolute atomic E-state index is 0.208. The minimum atomic E-state index is -1.08. The minimum Gasteiger partial charge on any atom is -0.480 e. The summed E-state index contributed by atoms with van der Waals surface area (Å²) >= 11 is 1.51. The predicted octanol–water partition coefficient (Wildman–Crippen LogP) is 0.490. The SMILES string of the molecule is CCCCN(CC(N)=O)C(=O)NC(CCSC)C(=O)O. The highest BCUT2D eigenvalue weighted by molar-refractivity contribution is 7.98. The van der Waals surface area contributed by atoms with E-state index in [1.165, 1.54) is 16.7 Å². The standard InChI is InChI=1S/C12H23N3O4S/c1-3-4-6-15(8-10(13)16)12(19)14-9(11(17)18)5-7-20-2/h9H,3-8H2,1-2H3,(H2,13,16)(H,14,19)(H,17,18). The van der Waals surface area contributed by atoms with Gasteiger partial charge in [0.1, 0.15) is 12.6 Å². The van der Waals surface area contributed by atoms with E-state index in [4.69, 9.17) is 10.8 Å². The summed E-state index contributed by atoms with van der Waals surface area (Å²) in [5.74, 6) is -1.07. The van der Waals surface area contributed by atoms with Crippen LogP contribution in [0.4, 0.5) is 4.79 Å². The van der Waals surface area contributed by atoms with Crippen LogP contribution in [0.15, 0.2) is 0 Å². The van der Waals surface area contributed by atoms with Crippen LogP contribution in [0.3, 0.4) is 0 Å². The van der Waals surface area contributed by atoms with Gasteiger partial charge in [0.25, 0.3) is 0 Å². The van der Waals surface area contributed by atoms with E-state index in [2.05, 4.69) is 5.32 Å². The fraction of sp³-hybridized carbons (Fsp3) is 0.750. The highest BCUT2D eigenvalue weighted by Crippen LogP contribution is 2.03. The molecule has 0 fully saturated rings. The Labute approximate surface area is 123 Å². The monoisotopic (exact) mass is 305 g/mol. The number of hydrogen-bond donors (Lipinski definition) is 3. The molecular weight excluding hydrogens is 282 g/mol. The molecule has 0 aromatic carbocycles. The predicted molar refractivity (Wildman–Crippen MR) is 78.6 cm³/mol. The molecule has 0 aromatic heterocycles. The summed E-state index contributed by atoms with van der Waals surface area (Å²) in [5, 5.41) is 11.5. The van der Waals surface area contributed by atoms with Crippen LogP contribution in [-0.2, 0) is 9.59 Å². The van der Waals surface area contributed by atoms with Crippen molar-refractivity contribution in [3.63, 3.8) is 0 Å². The van der Waals surface area contributed by atoms with Crippen molar-refractivity contribution < 1.29 is 19.5 Å². The number of nitrogens with zero attached hydrogens (tertiary/aromatic N) is 1. The molecule has 0 saturated carbocycles. The molecule has 1 atom stereocenters. The van der Waals surface area contributed by atoms with E-state index in [1.807, 2.05) is 13.2 Å². The number of thioether (sulfide) groups is 1. The quantitative estimate of drug-likeness (QED) is 0.543. The van der Waals surface area contributed by atoms with Crippen LogP contribution in [0.1, 0.15) is 26.2 Å². The first-order chi connectivity index (χ1) is 9.42. The number of primary amides is 1. The van der Waals surface area contributed by atoms with Crippen molar-refractivity contribution in [3.05, 3.63) is 0 Å². The average molecular weight is 305 g/mol. The Morgan fingerprint density at radius 3 is 2.50 bits per heavy atom. The number of nitrogens with one attached hydrogen (secondary N) is 1. The van der Waals surface area contributed by atoms with Gasteiger partial charge in [-0.25, -0.2) is 9.59 Å². The van der Waals surface area contributed by atoms with Gasteiger partial charge in [-0.2, -0.15) is 11.8 Å². The van der Waals surface area contributed by atoms with Gasteiger partial charge in [0.15, 0.2) is 0 Å². The molecule has 8 heteroatoms. The van der Waals surface area contributed by atoms with Gasteiger partial charge in [0.05, 0.1) is 0 Å². The third-order valence-corrected chi connectivity index (χ3v) is 3.27. The number of urea groups is 1. The van der Waals surface area contributed by atoms with E-state index in [0.717, 1.165) is 12.8 Å². The van der Waals surface area contributed by atoms with Gasteiger partial charge >= 0.3 is 12.0 Å². The fourth-order valence-corrected chi connectivity index (χ4v) is 1.99. The third kappa shape index (κ3) is 7.88. The Balaban J connectivity index is 4.59. The molecule has 0 radical (unpaired) electrons. The lowest BCUT2D eigenvalue weighted by Crippen LogP contribution is -2.50. The number of carboxylic acid groups (broad SMARTS) is 1. The first-order valence-corrected chi connectivity index (χ1v) is 7.87. The zero-order chi connectivity index (χ0) is 15.5. The van der Waals surface area contributed by atoms with Crippen LogP contribution in [0.5, 0.6) is 0 Å². The summed E-state index contributed by atoms with van der Waals surface area (Å²) in [7, 11) is 0. The molecule has 20 heavy (non-hydrogen) atoms. The number of nitrogens with two attached hydrogens (primary N) is 1. The van der Waals surface area contributed by atoms with Gasteiger partial charge in [-0.1, -0.05) is 13.3 Å². The molecule has 0 aromatic rings. The Morgan fingerprint density at radius 1 is 1.40 bits per heavy atom. The van der Waals surface area contributed by atoms with Crippen LogP contribution in [0.2, 0.25) is 0 Å². The van der Waals surface area contributed by atoms with E-state index in [1.54, 1.807) is 0 Å². The molecule has 0 rings (SSSR count). The van der Waals surface area contributed by atoms with Crippen molar-refractivity contribution in [3.8, 4) is 0 Å². The van der Waals surface area contributed by atoms with Crippen molar-refractivity contribution in [2.24, 2.45) is 5.73 Å². The van der Waals surface area contributed by atoms with Crippen molar-refractivity contribution >= 4 is 29.7 Å². The summed E-state index contributed by atoms with van der Waals surface area (Å²) in [6.07, 6.45) is 3.78. The topological polar surface area (TPSA) is 113 Å². The molecule has 0 aliphatic heterocycles. The van der Waals surface area contributed by atoms with Gasteiger partial charge < -0.3 is 21.1 Å². The highest BCUT2D eigenvalue weighted by atomic mass is 32.2. The van der Waals surface area contributed by atoms with Gasteiger partial charge in [-0.05, 0) is 24.9 Å². The first-order valence-electron chi connectivity index (χ1n) is 6.47. The Bertz CT molecular complexity index is 339. The van der Waals surface area contributed by atoms with Crippen molar-refractivity contribution in [2.45, 2.75) is 32.2 Å². The van der Waals surface area contributed by atoms with E-state index in [9.17, 15) is 14.4 Å². The number of aliphatic carboxylic acids is 1. The van der Waals surface area contributed by atoms with Crippen LogP contribution < -0.4 is 11.1 Å². The summed E-state index contributed by atoms with van der Waals surface area (Å²) in [5.41, 5.74) is 5.09. The molecule has 1 unspecified atom stereocenters. The van der Waals surface area contributed by atoms with Crippen LogP contribution in [0, 0.1) is 0 Å². The maximum atomic E-state index is 12.0. The maximum Gasteiger partial charge on any atom is 0.326 e. The largest absolute Gasteiger partial charge is 0.480 e. The van der Waals surface area contributed by atoms with Crippen LogP contribution >= 0.6 is 11.8 Å². The van der Waals surface area contributed by atoms with Crippen molar-refractivity contribution in [1.82, 2.24) is 10.2 Å². The molecule has 0 aliphatic rings. The number of hydrogen-bond acceptors (Lipinski definition) is 4. The maximum absolute atomic E-state index is 12.0. The number of carbonyl (C=O) groups is 3. The number of rotatable bonds is 10. The summed E-state index contributed by atoms with van der Waals surface area (Å²) in [4.78, 5) is 35.3. The zero-order valence-electron chi connectivity index (χ0n) is 11.9. The molecule has 116 valence electrons. The molecule has 4 N–H and O–H groups in total. The van der Waals surface area contributed by atoms with Crippen molar-refractivity contribution in [2.75, 3.05) is 25.1 Å². The summed E-state index contributed by atoms with van der Waals surface area (Å²) < 4.78 is 0. The second-order valence-corrected chi connectivity index (χ2v) is 5.35. The van der Waals surface area contributed by atoms with Gasteiger partial charge in [-0.15, -0.1) is 0 Å². The Hall–Kier alpha value is -1.44. The number of unbranched alkanes of at least 4 members (excludes halogenated alkanes) is 1. The Kier molecular flexibility index (Phi) is 9.61. The second-order valence-electron chi connectivity index (χ2n) is 4.36. The number of carbonyl (C=O) groups excluding carboxylic acids is 2. The highest BCUT2D eigenvalue weighted by Gasteiger charge is 2.23. The van der Waals surface area contributed by atoms with E-state index >= 15 is 0 Å². The van der Waals surface area contributed by atoms with Gasteiger partial charge in [-0.3, -0.25) is 4.79 Å². The Morgan fingerprint density at radius 2 is 2.05 bits per heavy atom. The van der Waals surface area contributed by atoms with Crippen LogP contribution in [-0.4, -0.2) is 59.1 Å². The van der Waals surface area contributed by atoms with Gasteiger partial charge in [0, 0.05) is 6.54 Å². The average Bonchev–Trinajstić information content (AvgIpc) is 2.38. The van der Waals surface area contributed by atoms with E-state index < -0.39 is 23.9 Å². The van der Waals surface area contributed by atoms with Gasteiger partial charge in [0.2, 0.25) is 5.91 Å². The summed E-state index contributed by atoms with van der Waals surface area (Å²) in [6, 6.07) is -1.52. The molecule has 3 amide bonds. The second kappa shape index (κ2) is 10.4. The van der Waals surface area contributed by atoms with Crippen molar-refractivity contribution in [1.29, 1.82) is 0 Å². The lowest BCUT2D eigenvalue weighted by atomic mass is 10.2. The lowest BCUT2D eigenvalue weighted by Gasteiger charge is -2.24. The molecule has 7 nitrogen and oxygen atoms in total. The van der Waals surface area contributed by atoms with Crippen LogP contribution in [0.25, 0.3) is 0 Å². The molecule has 0 heterocycles. The third-order valence-electron chi connectivity index (χ3n) is 2.62. The molecule has 0 bridgehead atoms. The van der Waals surface area contributed by atoms with E-state index in [0.29, 0.717) is 18.7 Å². The molecular formula is C12H23N3O4S. The van der Waals surface area contributed by atoms with E-state index in [-0.39, 0.29) is 6.54 Å². The first kappa shape index (κ1) is 18.6. The fourth-order valence-electron chi connectivity index (χ4n) is 1.52. The molecule has 0 aliphatic carbocycles. The lowest BCUT2D eigenvalue weighted by molar-refractivity contribution is -0.139. The smallest absolute Gasteiger partial charge is 0.326 e. The number of carboxylic acids is 1.